The summed E-state index contributed by atoms with van der Waals surface area (Å²) in [7, 11) is 4.59. The molecule has 5 N–H and O–H groups in total. The number of Topliss-reactive ketones (excluding diaryl/α,β-unsaturated/α-hetero) is 5. The summed E-state index contributed by atoms with van der Waals surface area (Å²) in [6.07, 6.45) is 1.32. The fourth-order valence-corrected chi connectivity index (χ4v) is 7.65. The van der Waals surface area contributed by atoms with Gasteiger partial charge in [0.15, 0.2) is 34.7 Å². The van der Waals surface area contributed by atoms with Crippen molar-refractivity contribution in [1.29, 1.82) is 0 Å². The number of fused-ring (bicyclic) bond motifs is 3. The average molecular weight is 634 g/mol. The van der Waals surface area contributed by atoms with Crippen molar-refractivity contribution in [2.75, 3.05) is 27.7 Å². The first-order chi connectivity index (χ1) is 21.8. The second-order valence-electron chi connectivity index (χ2n) is 12.7. The number of hydrogen-bond acceptors (Lipinski definition) is 11. The summed E-state index contributed by atoms with van der Waals surface area (Å²) in [6.45, 7) is 2.56. The predicted molar refractivity (Wildman–Crippen MR) is 165 cm³/mol. The van der Waals surface area contributed by atoms with Gasteiger partial charge in [0.2, 0.25) is 5.91 Å². The second kappa shape index (κ2) is 12.5. The molecule has 244 valence electrons. The van der Waals surface area contributed by atoms with Crippen LogP contribution in [-0.2, 0) is 36.9 Å². The van der Waals surface area contributed by atoms with Gasteiger partial charge in [-0.05, 0) is 74.2 Å². The zero-order valence-corrected chi connectivity index (χ0v) is 26.3. The molecule has 1 amide bonds. The molecule has 12 nitrogen and oxygen atoms in total. The Morgan fingerprint density at radius 3 is 2.43 bits per heavy atom. The number of primary amides is 1. The van der Waals surface area contributed by atoms with Crippen LogP contribution in [0.15, 0.2) is 30.3 Å². The Bertz CT molecular complexity index is 1650. The molecule has 46 heavy (non-hydrogen) atoms. The molecule has 2 aromatic rings. The number of nitrogens with zero attached hydrogens (tertiary/aromatic N) is 1. The van der Waals surface area contributed by atoms with E-state index in [9.17, 15) is 39.0 Å². The number of nitrogens with one attached hydrogen (secondary N) is 1. The van der Waals surface area contributed by atoms with E-state index in [0.29, 0.717) is 35.4 Å². The minimum Gasteiger partial charge on any atom is -0.507 e. The first kappa shape index (κ1) is 33.1. The van der Waals surface area contributed by atoms with E-state index in [1.807, 2.05) is 19.1 Å². The fraction of sp³-hybridized carbons (Fsp3) is 0.471. The molecule has 0 aromatic heterocycles. The molecule has 0 bridgehead atoms. The van der Waals surface area contributed by atoms with Crippen molar-refractivity contribution in [1.82, 2.24) is 10.2 Å². The number of aromatic hydroxyl groups is 1. The molecule has 0 aliphatic heterocycles. The lowest BCUT2D eigenvalue weighted by Crippen LogP contribution is -2.74. The number of nitrogens with two attached hydrogens (primary N) is 1. The number of ketones is 5. The highest BCUT2D eigenvalue weighted by atomic mass is 16.5. The van der Waals surface area contributed by atoms with Gasteiger partial charge in [0.25, 0.3) is 0 Å². The van der Waals surface area contributed by atoms with E-state index in [2.05, 4.69) is 5.32 Å². The first-order valence-electron chi connectivity index (χ1n) is 15.4. The van der Waals surface area contributed by atoms with Crippen LogP contribution in [0.5, 0.6) is 11.5 Å². The van der Waals surface area contributed by atoms with Crippen LogP contribution in [0, 0.1) is 23.7 Å². The number of hydrogen-bond donors (Lipinski definition) is 4. The number of methoxy groups -OCH3 is 1. The van der Waals surface area contributed by atoms with E-state index < -0.39 is 64.4 Å². The maximum atomic E-state index is 14.1. The van der Waals surface area contributed by atoms with E-state index in [4.69, 9.17) is 10.5 Å². The molecule has 3 aliphatic carbocycles. The van der Waals surface area contributed by atoms with Crippen molar-refractivity contribution in [3.8, 4) is 22.6 Å². The van der Waals surface area contributed by atoms with E-state index in [1.54, 1.807) is 26.2 Å². The molecular weight excluding hydrogens is 594 g/mol. The van der Waals surface area contributed by atoms with Crippen molar-refractivity contribution in [2.45, 2.75) is 50.8 Å². The van der Waals surface area contributed by atoms with Gasteiger partial charge in [-0.25, -0.2) is 0 Å². The Hall–Kier alpha value is -4.26. The summed E-state index contributed by atoms with van der Waals surface area (Å²) in [6, 6.07) is 7.32. The van der Waals surface area contributed by atoms with Crippen molar-refractivity contribution < 1.29 is 43.7 Å². The average Bonchev–Trinajstić information content (AvgIpc) is 2.99. The van der Waals surface area contributed by atoms with Crippen LogP contribution in [-0.4, -0.2) is 89.3 Å². The number of carbonyl (C=O) groups excluding carboxylic acids is 6. The third kappa shape index (κ3) is 5.23. The lowest BCUT2D eigenvalue weighted by molar-refractivity contribution is -0.181. The van der Waals surface area contributed by atoms with E-state index in [-0.39, 0.29) is 36.5 Å². The third-order valence-electron chi connectivity index (χ3n) is 9.68. The van der Waals surface area contributed by atoms with Crippen LogP contribution >= 0.6 is 0 Å². The van der Waals surface area contributed by atoms with Crippen molar-refractivity contribution in [3.05, 3.63) is 47.0 Å². The number of aliphatic hydroxyl groups is 1. The molecule has 5 rings (SSSR count). The van der Waals surface area contributed by atoms with E-state index in [0.717, 1.165) is 12.0 Å². The molecule has 6 atom stereocenters. The van der Waals surface area contributed by atoms with Gasteiger partial charge in [0.05, 0.1) is 31.2 Å². The molecule has 2 aromatic carbocycles. The molecule has 0 spiro atoms. The number of benzene rings is 2. The summed E-state index contributed by atoms with van der Waals surface area (Å²) in [5.74, 6) is -10.4. The number of carbonyl (C=O) groups is 6. The topological polar surface area (TPSA) is 193 Å². The third-order valence-corrected chi connectivity index (χ3v) is 9.68. The lowest BCUT2D eigenvalue weighted by Gasteiger charge is -2.52. The summed E-state index contributed by atoms with van der Waals surface area (Å²) < 4.78 is 5.65. The largest absolute Gasteiger partial charge is 0.507 e. The number of ether oxygens (including phenoxy) is 1. The highest BCUT2D eigenvalue weighted by Crippen LogP contribution is 2.52. The molecule has 0 radical (unpaired) electrons. The highest BCUT2D eigenvalue weighted by molar-refractivity contribution is 6.32. The number of amides is 1. The Morgan fingerprint density at radius 1 is 1.09 bits per heavy atom. The van der Waals surface area contributed by atoms with Crippen molar-refractivity contribution in [3.63, 3.8) is 0 Å². The minimum atomic E-state index is -2.78. The first-order valence-corrected chi connectivity index (χ1v) is 15.4. The molecule has 2 saturated carbocycles. The number of phenolic OH excluding ortho intramolecular Hbond substituents is 1. The quantitative estimate of drug-likeness (QED) is 0.273. The number of likely N-dealkylation sites (N-methyl/N-ethyl adjacent to an activating group) is 1. The van der Waals surface area contributed by atoms with Gasteiger partial charge in [0, 0.05) is 24.4 Å². The van der Waals surface area contributed by atoms with Crippen molar-refractivity contribution in [2.24, 2.45) is 29.4 Å². The Morgan fingerprint density at radius 2 is 1.80 bits per heavy atom. The summed E-state index contributed by atoms with van der Waals surface area (Å²) in [5.41, 5.74) is 5.03. The molecule has 3 aliphatic rings. The van der Waals surface area contributed by atoms with Crippen LogP contribution < -0.4 is 15.8 Å². The van der Waals surface area contributed by atoms with E-state index in [1.165, 1.54) is 18.1 Å². The maximum Gasteiger partial charge on any atom is 0.235 e. The summed E-state index contributed by atoms with van der Waals surface area (Å²) >= 11 is 0. The second-order valence-corrected chi connectivity index (χ2v) is 12.7. The molecule has 2 fully saturated rings. The van der Waals surface area contributed by atoms with Crippen LogP contribution in [0.2, 0.25) is 0 Å². The SMILES string of the molecule is CCCC(=O)CNCc1ccc(OC)c(-c2ccc(O)c3c2C[C@H]2C[C@H]4[C@H](N(C)C)C(=O)C(C(N)=O)C(=O)[C@@]4(O)C(=O)C2C3=O)c1. The zero-order valence-electron chi connectivity index (χ0n) is 26.3. The van der Waals surface area contributed by atoms with Crippen molar-refractivity contribution >= 4 is 34.8 Å². The zero-order chi connectivity index (χ0) is 33.7. The Labute approximate surface area is 266 Å². The number of rotatable bonds is 10. The summed E-state index contributed by atoms with van der Waals surface area (Å²) in [4.78, 5) is 80.7. The van der Waals surface area contributed by atoms with Crippen LogP contribution in [0.1, 0.15) is 47.7 Å². The Balaban J connectivity index is 1.57. The van der Waals surface area contributed by atoms with Gasteiger partial charge in [0.1, 0.15) is 17.3 Å². The van der Waals surface area contributed by atoms with Gasteiger partial charge in [-0.15, -0.1) is 0 Å². The smallest absolute Gasteiger partial charge is 0.235 e. The fourth-order valence-electron chi connectivity index (χ4n) is 7.65. The van der Waals surface area contributed by atoms with E-state index >= 15 is 0 Å². The van der Waals surface area contributed by atoms with Gasteiger partial charge in [-0.1, -0.05) is 19.1 Å². The molecule has 12 heteroatoms. The highest BCUT2D eigenvalue weighted by Gasteiger charge is 2.69. The van der Waals surface area contributed by atoms with Gasteiger partial charge in [-0.3, -0.25) is 33.7 Å². The van der Waals surface area contributed by atoms with Crippen LogP contribution in [0.4, 0.5) is 0 Å². The van der Waals surface area contributed by atoms with Gasteiger partial charge >= 0.3 is 0 Å². The predicted octanol–water partition coefficient (Wildman–Crippen LogP) is 1.00. The Kier molecular flexibility index (Phi) is 9.00. The number of phenols is 1. The molecule has 2 unspecified atom stereocenters. The summed E-state index contributed by atoms with van der Waals surface area (Å²) in [5, 5.41) is 25.9. The lowest BCUT2D eigenvalue weighted by atomic mass is 9.52. The molecule has 0 saturated heterocycles. The van der Waals surface area contributed by atoms with Crippen LogP contribution in [0.25, 0.3) is 11.1 Å². The molecule has 0 heterocycles. The normalized spacial score (nSPS) is 27.2. The standard InChI is InChI=1S/C34H39N3O9/c1-5-6-18(38)15-36-14-16-7-10-24(46-4)20(11-16)19-8-9-23(39)26-21(19)12-17-13-22-28(37(2)3)30(41)27(33(35)44)32(43)34(22,45)31(42)25(17)29(26)40/h7-11,17,22,25,27-28,36,39,45H,5-6,12-15H2,1-4H3,(H2,35,44)/t17-,22-,25?,27?,28-,34-/m0/s1. The molecular formula is C34H39N3O9. The maximum absolute atomic E-state index is 14.1. The monoisotopic (exact) mass is 633 g/mol. The van der Waals surface area contributed by atoms with Gasteiger partial charge < -0.3 is 26.0 Å². The minimum absolute atomic E-state index is 0.0497. The van der Waals surface area contributed by atoms with Gasteiger partial charge in [-0.2, -0.15) is 0 Å². The van der Waals surface area contributed by atoms with Crippen LogP contribution in [0.3, 0.4) is 0 Å².